The van der Waals surface area contributed by atoms with Crippen LogP contribution in [0.15, 0.2) is 47.7 Å². The minimum Gasteiger partial charge on any atom is -0.485 e. The zero-order chi connectivity index (χ0) is 17.6. The molecule has 4 N–H and O–H groups in total. The van der Waals surface area contributed by atoms with Crippen molar-refractivity contribution in [2.75, 3.05) is 0 Å². The molecule has 1 aromatic carbocycles. The fourth-order valence-electron chi connectivity index (χ4n) is 4.45. The largest absolute Gasteiger partial charge is 0.485 e. The molecule has 1 aliphatic heterocycles. The smallest absolute Gasteiger partial charge is 0.248 e. The van der Waals surface area contributed by atoms with Crippen LogP contribution in [0.3, 0.4) is 0 Å². The van der Waals surface area contributed by atoms with E-state index in [9.17, 15) is 9.59 Å². The van der Waals surface area contributed by atoms with Crippen molar-refractivity contribution in [2.45, 2.75) is 31.8 Å². The van der Waals surface area contributed by atoms with Crippen LogP contribution in [0.25, 0.3) is 0 Å². The molecular weight excluding hydrogens is 316 g/mol. The van der Waals surface area contributed by atoms with Gasteiger partial charge in [0.1, 0.15) is 11.9 Å². The Hall–Kier alpha value is -2.56. The van der Waals surface area contributed by atoms with Crippen LogP contribution in [0.2, 0.25) is 0 Å². The Morgan fingerprint density at radius 3 is 2.52 bits per heavy atom. The van der Waals surface area contributed by atoms with Crippen LogP contribution in [0.1, 0.15) is 47.7 Å². The Kier molecular flexibility index (Phi) is 3.86. The van der Waals surface area contributed by atoms with E-state index < -0.39 is 5.91 Å². The lowest BCUT2D eigenvalue weighted by atomic mass is 9.76. The standard InChI is InChI=1S/C20H22N2O3/c21-19(23)12-6-4-11(5-7-12)18-15-3-1-2-14(15)16-10-13(20(22)24)8-9-17(16)25-18/h4-7,9-10,13-15,18H,1-3,8H2,(H2,21,23)(H2,22,24)/t13?,14-,15+,18+/m0/s1. The van der Waals surface area contributed by atoms with E-state index in [2.05, 4.69) is 0 Å². The van der Waals surface area contributed by atoms with Gasteiger partial charge in [-0.3, -0.25) is 9.59 Å². The van der Waals surface area contributed by atoms with Gasteiger partial charge in [-0.25, -0.2) is 0 Å². The Morgan fingerprint density at radius 1 is 1.08 bits per heavy atom. The maximum Gasteiger partial charge on any atom is 0.248 e. The number of hydrogen-bond acceptors (Lipinski definition) is 3. The predicted molar refractivity (Wildman–Crippen MR) is 93.1 cm³/mol. The molecule has 3 aliphatic rings. The van der Waals surface area contributed by atoms with Crippen LogP contribution in [0.4, 0.5) is 0 Å². The predicted octanol–water partition coefficient (Wildman–Crippen LogP) is 2.59. The third-order valence-electron chi connectivity index (χ3n) is 5.72. The summed E-state index contributed by atoms with van der Waals surface area (Å²) >= 11 is 0. The third kappa shape index (κ3) is 2.73. The molecule has 2 aliphatic carbocycles. The van der Waals surface area contributed by atoms with Crippen molar-refractivity contribution in [1.82, 2.24) is 0 Å². The van der Waals surface area contributed by atoms with Crippen molar-refractivity contribution in [3.8, 4) is 0 Å². The lowest BCUT2D eigenvalue weighted by molar-refractivity contribution is -0.120. The number of primary amides is 2. The second-order valence-electron chi connectivity index (χ2n) is 7.16. The molecule has 2 amide bonds. The highest BCUT2D eigenvalue weighted by molar-refractivity contribution is 5.92. The summed E-state index contributed by atoms with van der Waals surface area (Å²) in [6.45, 7) is 0. The van der Waals surface area contributed by atoms with Gasteiger partial charge in [-0.1, -0.05) is 24.6 Å². The van der Waals surface area contributed by atoms with E-state index in [0.29, 0.717) is 23.8 Å². The molecule has 0 spiro atoms. The zero-order valence-corrected chi connectivity index (χ0v) is 14.0. The minimum absolute atomic E-state index is 0.0250. The van der Waals surface area contributed by atoms with Gasteiger partial charge in [0.05, 0.1) is 5.92 Å². The number of carbonyl (C=O) groups is 2. The van der Waals surface area contributed by atoms with Crippen LogP contribution in [-0.4, -0.2) is 11.8 Å². The van der Waals surface area contributed by atoms with Gasteiger partial charge in [0.15, 0.2) is 0 Å². The van der Waals surface area contributed by atoms with Gasteiger partial charge in [0, 0.05) is 11.5 Å². The van der Waals surface area contributed by atoms with Crippen LogP contribution in [0, 0.1) is 17.8 Å². The van der Waals surface area contributed by atoms with Crippen molar-refractivity contribution < 1.29 is 14.3 Å². The average Bonchev–Trinajstić information content (AvgIpc) is 3.10. The molecule has 5 heteroatoms. The summed E-state index contributed by atoms with van der Waals surface area (Å²) in [6.07, 6.45) is 7.95. The molecule has 1 unspecified atom stereocenters. The Balaban J connectivity index is 1.65. The number of hydrogen-bond donors (Lipinski definition) is 2. The normalized spacial score (nSPS) is 30.4. The summed E-state index contributed by atoms with van der Waals surface area (Å²) in [5.74, 6) is 0.756. The van der Waals surface area contributed by atoms with Gasteiger partial charge in [0.25, 0.3) is 0 Å². The third-order valence-corrected chi connectivity index (χ3v) is 5.72. The molecular formula is C20H22N2O3. The van der Waals surface area contributed by atoms with Crippen molar-refractivity contribution >= 4 is 11.8 Å². The first-order valence-electron chi connectivity index (χ1n) is 8.82. The van der Waals surface area contributed by atoms with Crippen molar-refractivity contribution in [3.63, 3.8) is 0 Å². The molecule has 5 nitrogen and oxygen atoms in total. The van der Waals surface area contributed by atoms with Gasteiger partial charge in [-0.05, 0) is 54.5 Å². The van der Waals surface area contributed by atoms with Crippen LogP contribution in [0.5, 0.6) is 0 Å². The highest BCUT2D eigenvalue weighted by Gasteiger charge is 2.44. The second-order valence-corrected chi connectivity index (χ2v) is 7.16. The van der Waals surface area contributed by atoms with Gasteiger partial charge in [-0.15, -0.1) is 0 Å². The zero-order valence-electron chi connectivity index (χ0n) is 14.0. The van der Waals surface area contributed by atoms with Gasteiger partial charge < -0.3 is 16.2 Å². The number of nitrogens with two attached hydrogens (primary N) is 2. The lowest BCUT2D eigenvalue weighted by Crippen LogP contribution is -2.32. The molecule has 4 rings (SSSR count). The summed E-state index contributed by atoms with van der Waals surface area (Å²) in [5, 5.41) is 0. The Morgan fingerprint density at radius 2 is 1.84 bits per heavy atom. The molecule has 130 valence electrons. The number of amides is 2. The second kappa shape index (κ2) is 6.06. The van der Waals surface area contributed by atoms with Crippen molar-refractivity contribution in [2.24, 2.45) is 29.2 Å². The van der Waals surface area contributed by atoms with E-state index in [0.717, 1.165) is 36.2 Å². The van der Waals surface area contributed by atoms with Crippen molar-refractivity contribution in [3.05, 3.63) is 58.9 Å². The van der Waals surface area contributed by atoms with Gasteiger partial charge in [-0.2, -0.15) is 0 Å². The number of allylic oxidation sites excluding steroid dienone is 2. The monoisotopic (exact) mass is 338 g/mol. The molecule has 1 heterocycles. The number of benzene rings is 1. The Bertz CT molecular complexity index is 779. The van der Waals surface area contributed by atoms with Gasteiger partial charge in [0.2, 0.25) is 11.8 Å². The SMILES string of the molecule is NC(=O)c1ccc([C@H]2OC3=CCC(C(N)=O)C=C3[C@H]3CCC[C@H]32)cc1. The summed E-state index contributed by atoms with van der Waals surface area (Å²) in [7, 11) is 0. The number of fused-ring (bicyclic) bond motifs is 3. The highest BCUT2D eigenvalue weighted by Crippen LogP contribution is 2.53. The molecule has 1 saturated heterocycles. The molecule has 1 aromatic rings. The van der Waals surface area contributed by atoms with E-state index in [1.165, 1.54) is 0 Å². The van der Waals surface area contributed by atoms with Crippen molar-refractivity contribution in [1.29, 1.82) is 0 Å². The highest BCUT2D eigenvalue weighted by atomic mass is 16.5. The number of carbonyl (C=O) groups excluding carboxylic acids is 2. The molecule has 0 radical (unpaired) electrons. The topological polar surface area (TPSA) is 95.4 Å². The lowest BCUT2D eigenvalue weighted by Gasteiger charge is -2.40. The molecule has 1 saturated carbocycles. The maximum absolute atomic E-state index is 11.6. The van der Waals surface area contributed by atoms with E-state index >= 15 is 0 Å². The molecule has 0 bridgehead atoms. The van der Waals surface area contributed by atoms with E-state index in [-0.39, 0.29) is 17.9 Å². The fraction of sp³-hybridized carbons (Fsp3) is 0.400. The first kappa shape index (κ1) is 15.9. The molecule has 0 aromatic heterocycles. The summed E-state index contributed by atoms with van der Waals surface area (Å²) in [5.41, 5.74) is 13.5. The summed E-state index contributed by atoms with van der Waals surface area (Å²) in [6, 6.07) is 7.39. The summed E-state index contributed by atoms with van der Waals surface area (Å²) < 4.78 is 6.34. The van der Waals surface area contributed by atoms with E-state index in [1.807, 2.05) is 24.3 Å². The Labute approximate surface area is 146 Å². The minimum atomic E-state index is -0.424. The quantitative estimate of drug-likeness (QED) is 0.886. The first-order valence-corrected chi connectivity index (χ1v) is 8.82. The van der Waals surface area contributed by atoms with Crippen LogP contribution < -0.4 is 11.5 Å². The number of ether oxygens (including phenoxy) is 1. The van der Waals surface area contributed by atoms with Crippen LogP contribution >= 0.6 is 0 Å². The van der Waals surface area contributed by atoms with E-state index in [4.69, 9.17) is 16.2 Å². The fourth-order valence-corrected chi connectivity index (χ4v) is 4.45. The van der Waals surface area contributed by atoms with Gasteiger partial charge >= 0.3 is 0 Å². The summed E-state index contributed by atoms with van der Waals surface area (Å²) in [4.78, 5) is 22.8. The average molecular weight is 338 g/mol. The maximum atomic E-state index is 11.6. The van der Waals surface area contributed by atoms with Crippen LogP contribution in [-0.2, 0) is 9.53 Å². The molecule has 2 fully saturated rings. The molecule has 4 atom stereocenters. The van der Waals surface area contributed by atoms with E-state index in [1.54, 1.807) is 12.1 Å². The molecule has 25 heavy (non-hydrogen) atoms. The first-order chi connectivity index (χ1) is 12.0. The number of rotatable bonds is 3.